The van der Waals surface area contributed by atoms with Gasteiger partial charge in [0.15, 0.2) is 0 Å². The molecule has 2 aromatic rings. The molecule has 3 aliphatic carbocycles. The molecule has 7 rings (SSSR count). The second-order valence-corrected chi connectivity index (χ2v) is 12.5. The van der Waals surface area contributed by atoms with Crippen LogP contribution >= 0.6 is 46.4 Å². The number of ether oxygens (including phenoxy) is 1. The van der Waals surface area contributed by atoms with Crippen molar-refractivity contribution < 1.29 is 28.7 Å². The Hall–Kier alpha value is -2.91. The summed E-state index contributed by atoms with van der Waals surface area (Å²) >= 11 is 24.9. The first kappa shape index (κ1) is 28.2. The number of esters is 1. The Morgan fingerprint density at radius 1 is 0.780 bits per heavy atom. The van der Waals surface area contributed by atoms with Gasteiger partial charge in [0.05, 0.1) is 51.7 Å². The predicted octanol–water partition coefficient (Wildman–Crippen LogP) is 5.74. The number of nitrogens with zero attached hydrogens (tertiary/aromatic N) is 2. The molecule has 6 atom stereocenters. The molecule has 0 spiro atoms. The maximum absolute atomic E-state index is 14.2. The highest BCUT2D eigenvalue weighted by Gasteiger charge is 2.77. The Kier molecular flexibility index (Phi) is 6.58. The van der Waals surface area contributed by atoms with Crippen molar-refractivity contribution in [3.05, 3.63) is 67.6 Å². The fraction of sp³-hybridized carbons (Fsp3) is 0.345. The Morgan fingerprint density at radius 3 is 1.61 bits per heavy atom. The molecule has 2 bridgehead atoms. The van der Waals surface area contributed by atoms with Gasteiger partial charge in [-0.1, -0.05) is 58.9 Å². The van der Waals surface area contributed by atoms with Gasteiger partial charge < -0.3 is 4.74 Å². The lowest BCUT2D eigenvalue weighted by Crippen LogP contribution is -2.61. The number of anilines is 2. The summed E-state index contributed by atoms with van der Waals surface area (Å²) in [6.07, 6.45) is 0. The third kappa shape index (κ3) is 3.63. The molecule has 12 heteroatoms. The summed E-state index contributed by atoms with van der Waals surface area (Å²) in [5.74, 6) is -8.28. The van der Waals surface area contributed by atoms with E-state index in [0.717, 1.165) is 9.80 Å². The van der Waals surface area contributed by atoms with E-state index in [-0.39, 0.29) is 33.6 Å². The SMILES string of the molecule is CCOC(=O)C1=C(C)C2[C@H]3C(=O)N(c4ccc(Cl)cc4Cl)C(=O)[C@@H]3C1(C)[C@H]1C(=O)N(c3ccc(Cl)cc3Cl)C(=O)[C@@H]21. The van der Waals surface area contributed by atoms with Crippen LogP contribution in [-0.2, 0) is 28.7 Å². The quantitative estimate of drug-likeness (QED) is 0.314. The van der Waals surface area contributed by atoms with E-state index in [1.165, 1.54) is 36.4 Å². The van der Waals surface area contributed by atoms with Gasteiger partial charge in [0.25, 0.3) is 0 Å². The molecular weight excluding hydrogens is 614 g/mol. The Bertz CT molecular complexity index is 1540. The molecule has 2 saturated heterocycles. The normalized spacial score (nSPS) is 30.4. The molecule has 3 fully saturated rings. The summed E-state index contributed by atoms with van der Waals surface area (Å²) in [4.78, 5) is 72.1. The number of amides is 4. The molecule has 5 aliphatic rings. The second kappa shape index (κ2) is 9.56. The van der Waals surface area contributed by atoms with Gasteiger partial charge in [-0.05, 0) is 50.2 Å². The molecule has 0 aromatic heterocycles. The first-order chi connectivity index (χ1) is 19.4. The third-order valence-corrected chi connectivity index (χ3v) is 10.1. The van der Waals surface area contributed by atoms with Gasteiger partial charge >= 0.3 is 5.97 Å². The molecule has 2 aliphatic heterocycles. The van der Waals surface area contributed by atoms with Gasteiger partial charge in [0.2, 0.25) is 23.6 Å². The Balaban J connectivity index is 1.55. The third-order valence-electron chi connectivity index (χ3n) is 8.98. The molecule has 212 valence electrons. The lowest BCUT2D eigenvalue weighted by atomic mass is 9.43. The summed E-state index contributed by atoms with van der Waals surface area (Å²) in [6, 6.07) is 8.78. The number of halogens is 4. The van der Waals surface area contributed by atoms with Crippen molar-refractivity contribution in [2.24, 2.45) is 35.0 Å². The van der Waals surface area contributed by atoms with Crippen LogP contribution < -0.4 is 9.80 Å². The van der Waals surface area contributed by atoms with Gasteiger partial charge in [-0.3, -0.25) is 19.2 Å². The zero-order valence-electron chi connectivity index (χ0n) is 21.9. The van der Waals surface area contributed by atoms with Crippen LogP contribution in [0.3, 0.4) is 0 Å². The minimum atomic E-state index is -1.55. The van der Waals surface area contributed by atoms with Crippen LogP contribution in [0.1, 0.15) is 20.8 Å². The summed E-state index contributed by atoms with van der Waals surface area (Å²) in [5.41, 5.74) is -0.695. The summed E-state index contributed by atoms with van der Waals surface area (Å²) < 4.78 is 5.39. The van der Waals surface area contributed by atoms with Crippen LogP contribution in [-0.4, -0.2) is 36.2 Å². The van der Waals surface area contributed by atoms with E-state index in [2.05, 4.69) is 0 Å². The standard InChI is InChI=1S/C29H22Cl4N2O6/c1-4-41-28(40)21-11(2)18-19-22(26(38)34(24(19)36)16-7-5-12(30)9-14(16)32)29(21,3)23-20(18)25(37)35(27(23)39)17-8-6-13(31)10-15(17)33/h5-10,18-20,22-23H,4H2,1-3H3/t18?,19-,20+,22-,23-,29?/m1/s1. The van der Waals surface area contributed by atoms with Crippen LogP contribution in [0.2, 0.25) is 20.1 Å². The first-order valence-electron chi connectivity index (χ1n) is 12.9. The zero-order valence-corrected chi connectivity index (χ0v) is 24.9. The lowest BCUT2D eigenvalue weighted by molar-refractivity contribution is -0.155. The van der Waals surface area contributed by atoms with Gasteiger partial charge in [-0.2, -0.15) is 0 Å². The van der Waals surface area contributed by atoms with Gasteiger partial charge in [-0.15, -0.1) is 0 Å². The van der Waals surface area contributed by atoms with Crippen molar-refractivity contribution in [3.63, 3.8) is 0 Å². The summed E-state index contributed by atoms with van der Waals surface area (Å²) in [7, 11) is 0. The average molecular weight is 636 g/mol. The molecule has 2 unspecified atom stereocenters. The molecule has 1 saturated carbocycles. The van der Waals surface area contributed by atoms with E-state index >= 15 is 0 Å². The highest BCUT2D eigenvalue weighted by Crippen LogP contribution is 2.69. The number of carbonyl (C=O) groups is 5. The van der Waals surface area contributed by atoms with Crippen LogP contribution in [0.25, 0.3) is 0 Å². The monoisotopic (exact) mass is 634 g/mol. The van der Waals surface area contributed by atoms with Gasteiger partial charge in [0.1, 0.15) is 0 Å². The maximum atomic E-state index is 14.2. The molecule has 2 aromatic carbocycles. The van der Waals surface area contributed by atoms with Crippen molar-refractivity contribution in [2.45, 2.75) is 20.8 Å². The van der Waals surface area contributed by atoms with Crippen molar-refractivity contribution in [2.75, 3.05) is 16.4 Å². The molecule has 8 nitrogen and oxygen atoms in total. The van der Waals surface area contributed by atoms with Crippen molar-refractivity contribution in [3.8, 4) is 0 Å². The fourth-order valence-electron chi connectivity index (χ4n) is 7.61. The number of hydrogen-bond acceptors (Lipinski definition) is 6. The highest BCUT2D eigenvalue weighted by atomic mass is 35.5. The molecule has 4 amide bonds. The second-order valence-electron chi connectivity index (χ2n) is 10.8. The zero-order chi connectivity index (χ0) is 29.7. The number of benzene rings is 2. The van der Waals surface area contributed by atoms with Crippen molar-refractivity contribution in [1.82, 2.24) is 0 Å². The molecular formula is C29H22Cl4N2O6. The van der Waals surface area contributed by atoms with Crippen LogP contribution in [0.15, 0.2) is 47.5 Å². The van der Waals surface area contributed by atoms with E-state index < -0.39 is 64.6 Å². The van der Waals surface area contributed by atoms with Crippen LogP contribution in [0.5, 0.6) is 0 Å². The van der Waals surface area contributed by atoms with E-state index in [1.54, 1.807) is 20.8 Å². The minimum absolute atomic E-state index is 0.0529. The van der Waals surface area contributed by atoms with E-state index in [9.17, 15) is 24.0 Å². The largest absolute Gasteiger partial charge is 0.463 e. The predicted molar refractivity (Wildman–Crippen MR) is 153 cm³/mol. The molecule has 0 radical (unpaired) electrons. The maximum Gasteiger partial charge on any atom is 0.334 e. The topological polar surface area (TPSA) is 101 Å². The number of hydrogen-bond donors (Lipinski definition) is 0. The average Bonchev–Trinajstić information content (AvgIpc) is 3.31. The van der Waals surface area contributed by atoms with E-state index in [4.69, 9.17) is 51.1 Å². The van der Waals surface area contributed by atoms with Crippen LogP contribution in [0.4, 0.5) is 11.4 Å². The van der Waals surface area contributed by atoms with Crippen molar-refractivity contribution in [1.29, 1.82) is 0 Å². The number of rotatable bonds is 4. The number of allylic oxidation sites excluding steroid dienone is 1. The fourth-order valence-corrected chi connectivity index (χ4v) is 8.60. The Labute approximate surface area is 255 Å². The lowest BCUT2D eigenvalue weighted by Gasteiger charge is -2.55. The molecule has 0 N–H and O–H groups in total. The smallest absolute Gasteiger partial charge is 0.334 e. The summed E-state index contributed by atoms with van der Waals surface area (Å²) in [5, 5.41) is 0.801. The van der Waals surface area contributed by atoms with E-state index in [0.29, 0.717) is 15.6 Å². The highest BCUT2D eigenvalue weighted by molar-refractivity contribution is 6.40. The molecule has 2 heterocycles. The van der Waals surface area contributed by atoms with Crippen molar-refractivity contribution >= 4 is 87.4 Å². The Morgan fingerprint density at radius 2 is 1.22 bits per heavy atom. The van der Waals surface area contributed by atoms with E-state index in [1.807, 2.05) is 0 Å². The minimum Gasteiger partial charge on any atom is -0.463 e. The molecule has 41 heavy (non-hydrogen) atoms. The number of imide groups is 2. The van der Waals surface area contributed by atoms with Gasteiger partial charge in [-0.25, -0.2) is 14.6 Å². The first-order valence-corrected chi connectivity index (χ1v) is 14.4. The summed E-state index contributed by atoms with van der Waals surface area (Å²) in [6.45, 7) is 4.96. The number of carbonyl (C=O) groups excluding carboxylic acids is 5. The van der Waals surface area contributed by atoms with Crippen LogP contribution in [0, 0.1) is 35.0 Å². The van der Waals surface area contributed by atoms with Gasteiger partial charge in [0, 0.05) is 27.0 Å².